The van der Waals surface area contributed by atoms with Gasteiger partial charge in [0.25, 0.3) is 5.91 Å². The first-order valence-corrected chi connectivity index (χ1v) is 6.28. The fourth-order valence-corrected chi connectivity index (χ4v) is 2.28. The van der Waals surface area contributed by atoms with Crippen LogP contribution in [-0.2, 0) is 4.79 Å². The monoisotopic (exact) mass is 263 g/mol. The molecule has 102 valence electrons. The summed E-state index contributed by atoms with van der Waals surface area (Å²) in [6, 6.07) is 6.86. The molecular weight excluding hydrogens is 246 g/mol. The van der Waals surface area contributed by atoms with Gasteiger partial charge in [0, 0.05) is 18.7 Å². The van der Waals surface area contributed by atoms with Crippen LogP contribution in [0.2, 0.25) is 0 Å². The summed E-state index contributed by atoms with van der Waals surface area (Å²) in [5.41, 5.74) is 0.562. The van der Waals surface area contributed by atoms with Gasteiger partial charge in [-0.15, -0.1) is 0 Å². The number of benzene rings is 1. The normalized spacial score (nSPS) is 19.0. The smallest absolute Gasteiger partial charge is 0.308 e. The summed E-state index contributed by atoms with van der Waals surface area (Å²) in [6.07, 6.45) is 1.38. The Bertz CT molecular complexity index is 469. The fourth-order valence-electron chi connectivity index (χ4n) is 2.28. The number of piperidine rings is 1. The second-order valence-electron chi connectivity index (χ2n) is 4.66. The first-order valence-electron chi connectivity index (χ1n) is 6.28. The van der Waals surface area contributed by atoms with Crippen LogP contribution >= 0.6 is 0 Å². The molecule has 0 spiro atoms. The molecule has 0 radical (unpaired) electrons. The molecule has 1 N–H and O–H groups in total. The number of ether oxygens (including phenoxy) is 1. The number of likely N-dealkylation sites (tertiary alicyclic amines) is 1. The van der Waals surface area contributed by atoms with Crippen molar-refractivity contribution in [3.63, 3.8) is 0 Å². The number of rotatable bonds is 3. The molecule has 1 aromatic rings. The van der Waals surface area contributed by atoms with Crippen LogP contribution in [0.5, 0.6) is 5.75 Å². The van der Waals surface area contributed by atoms with Crippen LogP contribution in [0, 0.1) is 5.92 Å². The van der Waals surface area contributed by atoms with Crippen molar-refractivity contribution in [1.29, 1.82) is 0 Å². The molecule has 1 fully saturated rings. The van der Waals surface area contributed by atoms with E-state index in [0.717, 1.165) is 6.42 Å². The third-order valence-corrected chi connectivity index (χ3v) is 3.39. The SMILES string of the molecule is COc1ccc(C(=O)N2CCC[C@@H](C(=O)O)C2)cc1. The van der Waals surface area contributed by atoms with E-state index in [2.05, 4.69) is 0 Å². The van der Waals surface area contributed by atoms with Gasteiger partial charge in [-0.25, -0.2) is 0 Å². The average Bonchev–Trinajstić information content (AvgIpc) is 2.46. The van der Waals surface area contributed by atoms with Crippen LogP contribution in [0.25, 0.3) is 0 Å². The molecule has 5 heteroatoms. The van der Waals surface area contributed by atoms with Gasteiger partial charge in [0.2, 0.25) is 0 Å². The lowest BCUT2D eigenvalue weighted by molar-refractivity contribution is -0.143. The number of amides is 1. The molecule has 1 aliphatic heterocycles. The maximum atomic E-state index is 12.3. The molecule has 5 nitrogen and oxygen atoms in total. The van der Waals surface area contributed by atoms with E-state index in [9.17, 15) is 9.59 Å². The van der Waals surface area contributed by atoms with E-state index in [1.165, 1.54) is 0 Å². The van der Waals surface area contributed by atoms with Crippen molar-refractivity contribution < 1.29 is 19.4 Å². The second kappa shape index (κ2) is 5.73. The number of carbonyl (C=O) groups excluding carboxylic acids is 1. The van der Waals surface area contributed by atoms with Crippen LogP contribution < -0.4 is 4.74 Å². The van der Waals surface area contributed by atoms with E-state index in [4.69, 9.17) is 9.84 Å². The molecule has 1 atom stereocenters. The van der Waals surface area contributed by atoms with Gasteiger partial charge in [-0.2, -0.15) is 0 Å². The van der Waals surface area contributed by atoms with Crippen LogP contribution in [0.15, 0.2) is 24.3 Å². The van der Waals surface area contributed by atoms with Gasteiger partial charge in [0.05, 0.1) is 13.0 Å². The molecule has 2 rings (SSSR count). The highest BCUT2D eigenvalue weighted by atomic mass is 16.5. The predicted octanol–water partition coefficient (Wildman–Crippen LogP) is 1.63. The Balaban J connectivity index is 2.07. The highest BCUT2D eigenvalue weighted by Crippen LogP contribution is 2.20. The van der Waals surface area contributed by atoms with Crippen molar-refractivity contribution in [2.24, 2.45) is 5.92 Å². The summed E-state index contributed by atoms with van der Waals surface area (Å²) < 4.78 is 5.04. The quantitative estimate of drug-likeness (QED) is 0.900. The molecule has 0 aromatic heterocycles. The first-order chi connectivity index (χ1) is 9.11. The number of carboxylic acid groups (broad SMARTS) is 1. The molecule has 0 unspecified atom stereocenters. The third kappa shape index (κ3) is 3.05. The number of carbonyl (C=O) groups is 2. The Labute approximate surface area is 111 Å². The number of hydrogen-bond donors (Lipinski definition) is 1. The Kier molecular flexibility index (Phi) is 4.04. The van der Waals surface area contributed by atoms with E-state index < -0.39 is 11.9 Å². The molecule has 19 heavy (non-hydrogen) atoms. The second-order valence-corrected chi connectivity index (χ2v) is 4.66. The number of aliphatic carboxylic acids is 1. The van der Waals surface area contributed by atoms with Gasteiger partial charge >= 0.3 is 5.97 Å². The van der Waals surface area contributed by atoms with Gasteiger partial charge in [0.15, 0.2) is 0 Å². The Morgan fingerprint density at radius 2 is 2.00 bits per heavy atom. The zero-order valence-electron chi connectivity index (χ0n) is 10.8. The Hall–Kier alpha value is -2.04. The van der Waals surface area contributed by atoms with Crippen LogP contribution in [-0.4, -0.2) is 42.1 Å². The highest BCUT2D eigenvalue weighted by Gasteiger charge is 2.28. The third-order valence-electron chi connectivity index (χ3n) is 3.39. The summed E-state index contributed by atoms with van der Waals surface area (Å²) in [4.78, 5) is 24.9. The van der Waals surface area contributed by atoms with Gasteiger partial charge in [-0.1, -0.05) is 0 Å². The van der Waals surface area contributed by atoms with Crippen molar-refractivity contribution >= 4 is 11.9 Å². The van der Waals surface area contributed by atoms with Crippen molar-refractivity contribution in [2.45, 2.75) is 12.8 Å². The zero-order chi connectivity index (χ0) is 13.8. The molecular formula is C14H17NO4. The minimum Gasteiger partial charge on any atom is -0.497 e. The summed E-state index contributed by atoms with van der Waals surface area (Å²) in [6.45, 7) is 0.912. The van der Waals surface area contributed by atoms with E-state index in [1.807, 2.05) is 0 Å². The Morgan fingerprint density at radius 3 is 2.58 bits per heavy atom. The lowest BCUT2D eigenvalue weighted by Gasteiger charge is -2.30. The molecule has 0 saturated carbocycles. The zero-order valence-corrected chi connectivity index (χ0v) is 10.8. The van der Waals surface area contributed by atoms with Crippen LogP contribution in [0.4, 0.5) is 0 Å². The topological polar surface area (TPSA) is 66.8 Å². The van der Waals surface area contributed by atoms with Crippen molar-refractivity contribution in [1.82, 2.24) is 4.90 Å². The molecule has 1 amide bonds. The maximum absolute atomic E-state index is 12.3. The van der Waals surface area contributed by atoms with E-state index in [0.29, 0.717) is 30.8 Å². The molecule has 1 aliphatic rings. The largest absolute Gasteiger partial charge is 0.497 e. The summed E-state index contributed by atoms with van der Waals surface area (Å²) in [7, 11) is 1.57. The lowest BCUT2D eigenvalue weighted by atomic mass is 9.97. The summed E-state index contributed by atoms with van der Waals surface area (Å²) in [5, 5.41) is 9.02. The average molecular weight is 263 g/mol. The Morgan fingerprint density at radius 1 is 1.32 bits per heavy atom. The number of carboxylic acids is 1. The van der Waals surface area contributed by atoms with Gasteiger partial charge < -0.3 is 14.7 Å². The maximum Gasteiger partial charge on any atom is 0.308 e. The molecule has 1 heterocycles. The summed E-state index contributed by atoms with van der Waals surface area (Å²) >= 11 is 0. The predicted molar refractivity (Wildman–Crippen MR) is 69.3 cm³/mol. The van der Waals surface area contributed by atoms with E-state index in [-0.39, 0.29) is 5.91 Å². The van der Waals surface area contributed by atoms with Gasteiger partial charge in [-0.3, -0.25) is 9.59 Å². The first kappa shape index (κ1) is 13.4. The van der Waals surface area contributed by atoms with Crippen LogP contribution in [0.1, 0.15) is 23.2 Å². The van der Waals surface area contributed by atoms with E-state index in [1.54, 1.807) is 36.3 Å². The van der Waals surface area contributed by atoms with Crippen molar-refractivity contribution in [2.75, 3.05) is 20.2 Å². The molecule has 1 saturated heterocycles. The molecule has 0 aliphatic carbocycles. The van der Waals surface area contributed by atoms with E-state index >= 15 is 0 Å². The van der Waals surface area contributed by atoms with Gasteiger partial charge in [0.1, 0.15) is 5.75 Å². The van der Waals surface area contributed by atoms with Crippen molar-refractivity contribution in [3.05, 3.63) is 29.8 Å². The number of nitrogens with zero attached hydrogens (tertiary/aromatic N) is 1. The lowest BCUT2D eigenvalue weighted by Crippen LogP contribution is -2.42. The van der Waals surface area contributed by atoms with Crippen LogP contribution in [0.3, 0.4) is 0 Å². The highest BCUT2D eigenvalue weighted by molar-refractivity contribution is 5.94. The van der Waals surface area contributed by atoms with Gasteiger partial charge in [-0.05, 0) is 37.1 Å². The summed E-state index contributed by atoms with van der Waals surface area (Å²) in [5.74, 6) is -0.699. The standard InChI is InChI=1S/C14H17NO4/c1-19-12-6-4-10(5-7-12)13(16)15-8-2-3-11(9-15)14(17)18/h4-7,11H,2-3,8-9H2,1H3,(H,17,18)/t11-/m1/s1. The minimum absolute atomic E-state index is 0.117. The minimum atomic E-state index is -0.827. The number of methoxy groups -OCH3 is 1. The number of hydrogen-bond acceptors (Lipinski definition) is 3. The van der Waals surface area contributed by atoms with Crippen molar-refractivity contribution in [3.8, 4) is 5.75 Å². The fraction of sp³-hybridized carbons (Fsp3) is 0.429. The molecule has 1 aromatic carbocycles. The molecule has 0 bridgehead atoms.